The molecule has 0 saturated carbocycles. The van der Waals surface area contributed by atoms with Crippen LogP contribution in [0.2, 0.25) is 0 Å². The molecule has 25 heavy (non-hydrogen) atoms. The Labute approximate surface area is 154 Å². The smallest absolute Gasteiger partial charge is 0.277 e. The van der Waals surface area contributed by atoms with Crippen LogP contribution in [0.1, 0.15) is 21.1 Å². The van der Waals surface area contributed by atoms with E-state index in [0.717, 1.165) is 8.66 Å². The standard InChI is InChI=1S/C15H12BrFN6OS/c1-9-14(15(24)20-18-8-12-6-7-13(16)25-12)19-22-23(9)21-11-4-2-10(17)3-5-11/h2-8,21H,1H3,(H,20,24)/b18-8+. The lowest BCUT2D eigenvalue weighted by atomic mass is 10.3. The first-order chi connectivity index (χ1) is 12.0. The number of nitrogens with zero attached hydrogens (tertiary/aromatic N) is 4. The molecule has 0 saturated heterocycles. The van der Waals surface area contributed by atoms with Crippen molar-refractivity contribution in [3.8, 4) is 0 Å². The highest BCUT2D eigenvalue weighted by atomic mass is 79.9. The summed E-state index contributed by atoms with van der Waals surface area (Å²) in [5.74, 6) is -0.812. The van der Waals surface area contributed by atoms with Crippen molar-refractivity contribution in [2.45, 2.75) is 6.92 Å². The van der Waals surface area contributed by atoms with Crippen LogP contribution in [0.15, 0.2) is 45.3 Å². The second-order valence-electron chi connectivity index (χ2n) is 4.89. The molecule has 0 bridgehead atoms. The second kappa shape index (κ2) is 7.53. The van der Waals surface area contributed by atoms with Crippen LogP contribution < -0.4 is 10.9 Å². The molecule has 0 fully saturated rings. The summed E-state index contributed by atoms with van der Waals surface area (Å²) in [5, 5.41) is 11.6. The topological polar surface area (TPSA) is 84.2 Å². The summed E-state index contributed by atoms with van der Waals surface area (Å²) in [7, 11) is 0. The fourth-order valence-electron chi connectivity index (χ4n) is 1.90. The number of benzene rings is 1. The third-order valence-corrected chi connectivity index (χ3v) is 4.70. The van der Waals surface area contributed by atoms with E-state index in [2.05, 4.69) is 42.2 Å². The number of carbonyl (C=O) groups is 1. The molecule has 3 rings (SSSR count). The molecule has 0 spiro atoms. The Bertz CT molecular complexity index is 921. The van der Waals surface area contributed by atoms with Crippen LogP contribution in [-0.2, 0) is 0 Å². The summed E-state index contributed by atoms with van der Waals surface area (Å²) in [5.41, 5.74) is 6.57. The van der Waals surface area contributed by atoms with Crippen LogP contribution in [-0.4, -0.2) is 27.2 Å². The molecule has 2 heterocycles. The first-order valence-corrected chi connectivity index (χ1v) is 8.67. The molecule has 0 atom stereocenters. The Kier molecular flexibility index (Phi) is 5.19. The van der Waals surface area contributed by atoms with Crippen LogP contribution in [0, 0.1) is 12.7 Å². The average Bonchev–Trinajstić information content (AvgIpc) is 3.16. The van der Waals surface area contributed by atoms with E-state index in [9.17, 15) is 9.18 Å². The molecule has 7 nitrogen and oxygen atoms in total. The maximum atomic E-state index is 12.9. The number of carbonyl (C=O) groups excluding carboxylic acids is 1. The van der Waals surface area contributed by atoms with Gasteiger partial charge in [0.15, 0.2) is 5.69 Å². The summed E-state index contributed by atoms with van der Waals surface area (Å²) in [6.07, 6.45) is 1.55. The molecule has 2 aromatic heterocycles. The van der Waals surface area contributed by atoms with E-state index in [0.29, 0.717) is 11.4 Å². The van der Waals surface area contributed by atoms with Gasteiger partial charge in [0.2, 0.25) is 0 Å². The Morgan fingerprint density at radius 1 is 1.32 bits per heavy atom. The van der Waals surface area contributed by atoms with Crippen molar-refractivity contribution in [2.24, 2.45) is 5.10 Å². The molecular weight excluding hydrogens is 411 g/mol. The van der Waals surface area contributed by atoms with Gasteiger partial charge in [-0.2, -0.15) is 9.89 Å². The van der Waals surface area contributed by atoms with E-state index >= 15 is 0 Å². The fourth-order valence-corrected chi connectivity index (χ4v) is 3.19. The summed E-state index contributed by atoms with van der Waals surface area (Å²) >= 11 is 4.85. The van der Waals surface area contributed by atoms with E-state index < -0.39 is 5.91 Å². The molecule has 128 valence electrons. The van der Waals surface area contributed by atoms with Crippen LogP contribution in [0.3, 0.4) is 0 Å². The minimum atomic E-state index is -0.475. The lowest BCUT2D eigenvalue weighted by molar-refractivity contribution is 0.0949. The van der Waals surface area contributed by atoms with Gasteiger partial charge in [0.25, 0.3) is 5.91 Å². The molecule has 0 aliphatic rings. The second-order valence-corrected chi connectivity index (χ2v) is 7.39. The van der Waals surface area contributed by atoms with Crippen molar-refractivity contribution in [1.29, 1.82) is 0 Å². The third-order valence-electron chi connectivity index (χ3n) is 3.14. The molecule has 2 N–H and O–H groups in total. The zero-order valence-electron chi connectivity index (χ0n) is 12.9. The summed E-state index contributed by atoms with van der Waals surface area (Å²) in [6.45, 7) is 1.69. The summed E-state index contributed by atoms with van der Waals surface area (Å²) in [6, 6.07) is 9.52. The van der Waals surface area contributed by atoms with Crippen LogP contribution in [0.25, 0.3) is 0 Å². The number of amides is 1. The minimum Gasteiger partial charge on any atom is -0.277 e. The maximum Gasteiger partial charge on any atom is 0.293 e. The van der Waals surface area contributed by atoms with Gasteiger partial charge in [-0.3, -0.25) is 10.2 Å². The summed E-state index contributed by atoms with van der Waals surface area (Å²) < 4.78 is 13.9. The Balaban J connectivity index is 1.66. The molecule has 1 amide bonds. The average molecular weight is 423 g/mol. The molecular formula is C15H12BrFN6OS. The van der Waals surface area contributed by atoms with E-state index in [4.69, 9.17) is 0 Å². The van der Waals surface area contributed by atoms with Crippen molar-refractivity contribution in [3.05, 3.63) is 62.3 Å². The molecule has 0 unspecified atom stereocenters. The predicted molar refractivity (Wildman–Crippen MR) is 97.3 cm³/mol. The molecule has 10 heteroatoms. The zero-order chi connectivity index (χ0) is 17.8. The highest BCUT2D eigenvalue weighted by Gasteiger charge is 2.16. The van der Waals surface area contributed by atoms with Gasteiger partial charge < -0.3 is 0 Å². The number of thiophene rings is 1. The van der Waals surface area contributed by atoms with E-state index in [-0.39, 0.29) is 11.5 Å². The van der Waals surface area contributed by atoms with Gasteiger partial charge in [-0.15, -0.1) is 16.4 Å². The van der Waals surface area contributed by atoms with Crippen molar-refractivity contribution < 1.29 is 9.18 Å². The van der Waals surface area contributed by atoms with Gasteiger partial charge in [0.05, 0.1) is 21.4 Å². The number of anilines is 1. The van der Waals surface area contributed by atoms with E-state index in [1.165, 1.54) is 28.3 Å². The largest absolute Gasteiger partial charge is 0.293 e. The monoisotopic (exact) mass is 422 g/mol. The normalized spacial score (nSPS) is 11.0. The molecule has 0 radical (unpaired) electrons. The predicted octanol–water partition coefficient (Wildman–Crippen LogP) is 3.19. The highest BCUT2D eigenvalue weighted by molar-refractivity contribution is 9.11. The molecule has 3 aromatic rings. The summed E-state index contributed by atoms with van der Waals surface area (Å²) in [4.78, 5) is 14.4. The first kappa shape index (κ1) is 17.2. The van der Waals surface area contributed by atoms with Gasteiger partial charge in [-0.25, -0.2) is 9.82 Å². The fraction of sp³-hybridized carbons (Fsp3) is 0.0667. The van der Waals surface area contributed by atoms with Crippen LogP contribution in [0.5, 0.6) is 0 Å². The Hall–Kier alpha value is -2.59. The first-order valence-electron chi connectivity index (χ1n) is 7.06. The number of rotatable bonds is 5. The molecule has 0 aliphatic heterocycles. The highest BCUT2D eigenvalue weighted by Crippen LogP contribution is 2.20. The zero-order valence-corrected chi connectivity index (χ0v) is 15.3. The Morgan fingerprint density at radius 3 is 2.76 bits per heavy atom. The third kappa shape index (κ3) is 4.28. The number of hydrogen-bond acceptors (Lipinski definition) is 6. The van der Waals surface area contributed by atoms with Gasteiger partial charge in [-0.1, -0.05) is 0 Å². The van der Waals surface area contributed by atoms with Crippen molar-refractivity contribution in [2.75, 3.05) is 5.43 Å². The number of aromatic nitrogens is 3. The SMILES string of the molecule is Cc1c(C(=O)N/N=C/c2ccc(Br)s2)nnn1Nc1ccc(F)cc1. The van der Waals surface area contributed by atoms with Crippen molar-refractivity contribution >= 4 is 45.1 Å². The minimum absolute atomic E-state index is 0.138. The van der Waals surface area contributed by atoms with Crippen molar-refractivity contribution in [1.82, 2.24) is 20.5 Å². The lowest BCUT2D eigenvalue weighted by Gasteiger charge is -2.07. The quantitative estimate of drug-likeness (QED) is 0.488. The number of hydrazone groups is 1. The molecule has 1 aromatic carbocycles. The van der Waals surface area contributed by atoms with Gasteiger partial charge in [0, 0.05) is 4.88 Å². The molecule has 0 aliphatic carbocycles. The van der Waals surface area contributed by atoms with E-state index in [1.54, 1.807) is 25.3 Å². The number of nitrogens with one attached hydrogen (secondary N) is 2. The number of halogens is 2. The Morgan fingerprint density at radius 2 is 2.08 bits per heavy atom. The van der Waals surface area contributed by atoms with Crippen LogP contribution in [0.4, 0.5) is 10.1 Å². The van der Waals surface area contributed by atoms with Gasteiger partial charge in [-0.05, 0) is 64.5 Å². The van der Waals surface area contributed by atoms with E-state index in [1.807, 2.05) is 12.1 Å². The number of hydrogen-bond donors (Lipinski definition) is 2. The van der Waals surface area contributed by atoms with Gasteiger partial charge in [0.1, 0.15) is 5.82 Å². The van der Waals surface area contributed by atoms with Gasteiger partial charge >= 0.3 is 0 Å². The van der Waals surface area contributed by atoms with Crippen LogP contribution >= 0.6 is 27.3 Å². The lowest BCUT2D eigenvalue weighted by Crippen LogP contribution is -2.20. The van der Waals surface area contributed by atoms with Crippen molar-refractivity contribution in [3.63, 3.8) is 0 Å². The maximum absolute atomic E-state index is 12.9.